The van der Waals surface area contributed by atoms with Crippen molar-refractivity contribution in [3.05, 3.63) is 0 Å². The third kappa shape index (κ3) is 1.49. The molecule has 1 saturated heterocycles. The first kappa shape index (κ1) is 9.49. The number of imide groups is 1. The summed E-state index contributed by atoms with van der Waals surface area (Å²) in [6.45, 7) is 0.259. The highest BCUT2D eigenvalue weighted by molar-refractivity contribution is 6.02. The zero-order valence-corrected chi connectivity index (χ0v) is 8.53. The van der Waals surface area contributed by atoms with Gasteiger partial charge in [0.15, 0.2) is 0 Å². The van der Waals surface area contributed by atoms with Crippen molar-refractivity contribution in [1.82, 2.24) is 9.80 Å². The lowest BCUT2D eigenvalue weighted by Gasteiger charge is -2.28. The average Bonchev–Trinajstić information content (AvgIpc) is 2.43. The van der Waals surface area contributed by atoms with Crippen molar-refractivity contribution in [1.29, 1.82) is 0 Å². The van der Waals surface area contributed by atoms with E-state index in [1.807, 2.05) is 0 Å². The Labute approximate surface area is 83.9 Å². The Kier molecular flexibility index (Phi) is 2.44. The number of rotatable bonds is 1. The average molecular weight is 196 g/mol. The van der Waals surface area contributed by atoms with Gasteiger partial charge in [0, 0.05) is 13.1 Å². The lowest BCUT2D eigenvalue weighted by Crippen LogP contribution is -2.41. The molecule has 4 heteroatoms. The second kappa shape index (κ2) is 3.59. The van der Waals surface area contributed by atoms with Gasteiger partial charge in [-0.1, -0.05) is 19.3 Å². The molecule has 0 aromatic rings. The third-order valence-corrected chi connectivity index (χ3v) is 3.11. The Balaban J connectivity index is 2.08. The van der Waals surface area contributed by atoms with E-state index in [1.165, 1.54) is 16.2 Å². The van der Waals surface area contributed by atoms with Crippen molar-refractivity contribution in [3.8, 4) is 0 Å². The lowest BCUT2D eigenvalue weighted by atomic mass is 9.94. The number of hydrogen-bond acceptors (Lipinski definition) is 2. The normalized spacial score (nSPS) is 24.9. The summed E-state index contributed by atoms with van der Waals surface area (Å²) in [5.41, 5.74) is 0. The summed E-state index contributed by atoms with van der Waals surface area (Å²) >= 11 is 0. The van der Waals surface area contributed by atoms with E-state index in [-0.39, 0.29) is 24.5 Å². The number of nitrogens with zero attached hydrogens (tertiary/aromatic N) is 2. The van der Waals surface area contributed by atoms with Gasteiger partial charge in [0.25, 0.3) is 5.91 Å². The topological polar surface area (TPSA) is 40.6 Å². The molecule has 1 aliphatic carbocycles. The Bertz CT molecular complexity index is 259. The minimum atomic E-state index is -0.109. The largest absolute Gasteiger partial charge is 0.327 e. The number of likely N-dealkylation sites (N-methyl/N-ethyl adjacent to an activating group) is 1. The molecule has 1 saturated carbocycles. The molecule has 0 unspecified atom stereocenters. The second-order valence-electron chi connectivity index (χ2n) is 4.19. The summed E-state index contributed by atoms with van der Waals surface area (Å²) in [6, 6.07) is 0.0654. The van der Waals surface area contributed by atoms with Crippen LogP contribution < -0.4 is 0 Å². The minimum Gasteiger partial charge on any atom is -0.318 e. The van der Waals surface area contributed by atoms with Crippen LogP contribution in [0.3, 0.4) is 0 Å². The maximum Gasteiger partial charge on any atom is 0.327 e. The van der Waals surface area contributed by atoms with Gasteiger partial charge in [-0.15, -0.1) is 0 Å². The molecule has 1 aliphatic heterocycles. The van der Waals surface area contributed by atoms with E-state index in [0.29, 0.717) is 0 Å². The van der Waals surface area contributed by atoms with E-state index in [2.05, 4.69) is 0 Å². The van der Waals surface area contributed by atoms with E-state index < -0.39 is 0 Å². The Morgan fingerprint density at radius 3 is 2.29 bits per heavy atom. The Morgan fingerprint density at radius 1 is 1.14 bits per heavy atom. The zero-order chi connectivity index (χ0) is 10.1. The lowest BCUT2D eigenvalue weighted by molar-refractivity contribution is -0.127. The molecule has 0 bridgehead atoms. The molecule has 0 aromatic heterocycles. The smallest absolute Gasteiger partial charge is 0.318 e. The Hall–Kier alpha value is -1.06. The van der Waals surface area contributed by atoms with Crippen LogP contribution in [0.4, 0.5) is 4.79 Å². The van der Waals surface area contributed by atoms with Gasteiger partial charge < -0.3 is 4.90 Å². The Morgan fingerprint density at radius 2 is 1.79 bits per heavy atom. The number of hydrogen-bond donors (Lipinski definition) is 0. The highest BCUT2D eigenvalue weighted by Crippen LogP contribution is 2.25. The van der Waals surface area contributed by atoms with Crippen LogP contribution in [0, 0.1) is 0 Å². The van der Waals surface area contributed by atoms with Gasteiger partial charge >= 0.3 is 6.03 Å². The molecule has 2 fully saturated rings. The van der Waals surface area contributed by atoms with Gasteiger partial charge in [-0.3, -0.25) is 9.69 Å². The first-order valence-corrected chi connectivity index (χ1v) is 5.27. The molecule has 4 nitrogen and oxygen atoms in total. The molecule has 0 radical (unpaired) electrons. The molecule has 1 heterocycles. The summed E-state index contributed by atoms with van der Waals surface area (Å²) in [7, 11) is 1.68. The van der Waals surface area contributed by atoms with E-state index in [4.69, 9.17) is 0 Å². The van der Waals surface area contributed by atoms with E-state index in [9.17, 15) is 9.59 Å². The van der Waals surface area contributed by atoms with Gasteiger partial charge in [0.2, 0.25) is 0 Å². The summed E-state index contributed by atoms with van der Waals surface area (Å²) in [5, 5.41) is 0. The van der Waals surface area contributed by atoms with Crippen LogP contribution in [-0.4, -0.2) is 41.4 Å². The molecule has 14 heavy (non-hydrogen) atoms. The van der Waals surface area contributed by atoms with Gasteiger partial charge in [-0.2, -0.15) is 0 Å². The minimum absolute atomic E-state index is 0.0237. The fraction of sp³-hybridized carbons (Fsp3) is 0.800. The predicted octanol–water partition coefficient (Wildman–Crippen LogP) is 1.21. The highest BCUT2D eigenvalue weighted by atomic mass is 16.2. The van der Waals surface area contributed by atoms with Crippen molar-refractivity contribution in [2.45, 2.75) is 38.1 Å². The van der Waals surface area contributed by atoms with E-state index >= 15 is 0 Å². The van der Waals surface area contributed by atoms with Crippen LogP contribution in [0.5, 0.6) is 0 Å². The van der Waals surface area contributed by atoms with Gasteiger partial charge in [-0.05, 0) is 12.8 Å². The monoisotopic (exact) mass is 196 g/mol. The van der Waals surface area contributed by atoms with Crippen molar-refractivity contribution >= 4 is 11.9 Å². The van der Waals surface area contributed by atoms with Crippen molar-refractivity contribution in [2.24, 2.45) is 0 Å². The number of urea groups is 1. The molecule has 0 spiro atoms. The van der Waals surface area contributed by atoms with Crippen LogP contribution in [0.1, 0.15) is 32.1 Å². The predicted molar refractivity (Wildman–Crippen MR) is 51.7 cm³/mol. The fourth-order valence-electron chi connectivity index (χ4n) is 2.34. The maximum absolute atomic E-state index is 11.6. The number of amides is 3. The van der Waals surface area contributed by atoms with Crippen LogP contribution in [0.15, 0.2) is 0 Å². The number of carbonyl (C=O) groups is 2. The van der Waals surface area contributed by atoms with Gasteiger partial charge in [-0.25, -0.2) is 4.79 Å². The first-order chi connectivity index (χ1) is 6.70. The van der Waals surface area contributed by atoms with E-state index in [1.54, 1.807) is 7.05 Å². The molecule has 0 aromatic carbocycles. The molecular formula is C10H16N2O2. The molecule has 3 amide bonds. The van der Waals surface area contributed by atoms with Gasteiger partial charge in [0.1, 0.15) is 6.54 Å². The molecular weight excluding hydrogens is 180 g/mol. The summed E-state index contributed by atoms with van der Waals surface area (Å²) in [5.74, 6) is -0.0237. The van der Waals surface area contributed by atoms with Crippen LogP contribution >= 0.6 is 0 Å². The third-order valence-electron chi connectivity index (χ3n) is 3.11. The van der Waals surface area contributed by atoms with Crippen LogP contribution in [0.2, 0.25) is 0 Å². The highest BCUT2D eigenvalue weighted by Gasteiger charge is 2.38. The van der Waals surface area contributed by atoms with Crippen LogP contribution in [0.25, 0.3) is 0 Å². The molecule has 0 atom stereocenters. The SMILES string of the molecule is CN1CC(=O)N(C2CCCCC2)C1=O. The van der Waals surface area contributed by atoms with Crippen molar-refractivity contribution < 1.29 is 9.59 Å². The zero-order valence-electron chi connectivity index (χ0n) is 8.53. The second-order valence-corrected chi connectivity index (χ2v) is 4.19. The number of carbonyl (C=O) groups excluding carboxylic acids is 2. The summed E-state index contributed by atoms with van der Waals surface area (Å²) in [4.78, 5) is 26.2. The molecule has 2 rings (SSSR count). The maximum atomic E-state index is 11.6. The van der Waals surface area contributed by atoms with Crippen molar-refractivity contribution in [3.63, 3.8) is 0 Å². The van der Waals surface area contributed by atoms with E-state index in [0.717, 1.165) is 25.7 Å². The quantitative estimate of drug-likeness (QED) is 0.591. The summed E-state index contributed by atoms with van der Waals surface area (Å²) in [6.07, 6.45) is 5.51. The molecule has 0 N–H and O–H groups in total. The standard InChI is InChI=1S/C10H16N2O2/c1-11-7-9(13)12(10(11)14)8-5-3-2-4-6-8/h8H,2-7H2,1H3. The molecule has 78 valence electrons. The van der Waals surface area contributed by atoms with Crippen LogP contribution in [-0.2, 0) is 4.79 Å². The fourth-order valence-corrected chi connectivity index (χ4v) is 2.34. The first-order valence-electron chi connectivity index (χ1n) is 5.27. The van der Waals surface area contributed by atoms with Gasteiger partial charge in [0.05, 0.1) is 0 Å². The van der Waals surface area contributed by atoms with Crippen molar-refractivity contribution in [2.75, 3.05) is 13.6 Å². The summed E-state index contributed by atoms with van der Waals surface area (Å²) < 4.78 is 0. The molecule has 2 aliphatic rings.